The van der Waals surface area contributed by atoms with E-state index in [1.54, 1.807) is 26.4 Å². The lowest BCUT2D eigenvalue weighted by molar-refractivity contribution is 0.157. The van der Waals surface area contributed by atoms with Crippen LogP contribution in [0.2, 0.25) is 0 Å². The van der Waals surface area contributed by atoms with Crippen LogP contribution in [0.25, 0.3) is 0 Å². The van der Waals surface area contributed by atoms with Gasteiger partial charge in [-0.25, -0.2) is 0 Å². The van der Waals surface area contributed by atoms with Crippen molar-refractivity contribution < 1.29 is 14.6 Å². The van der Waals surface area contributed by atoms with Crippen molar-refractivity contribution in [2.75, 3.05) is 20.8 Å². The number of methoxy groups -OCH3 is 2. The fraction of sp³-hybridized carbons (Fsp3) is 0.571. The summed E-state index contributed by atoms with van der Waals surface area (Å²) in [4.78, 5) is 0. The summed E-state index contributed by atoms with van der Waals surface area (Å²) in [5.41, 5.74) is 0.858. The molecule has 2 rings (SSSR count). The number of benzene rings is 1. The Hall–Kier alpha value is -1.26. The largest absolute Gasteiger partial charge is 0.508 e. The molecule has 0 aromatic heterocycles. The topological polar surface area (TPSA) is 50.7 Å². The Morgan fingerprint density at radius 1 is 1.39 bits per heavy atom. The minimum Gasteiger partial charge on any atom is -0.508 e. The van der Waals surface area contributed by atoms with Crippen molar-refractivity contribution in [2.45, 2.75) is 25.4 Å². The Morgan fingerprint density at radius 3 is 2.78 bits per heavy atom. The molecule has 1 aromatic carbocycles. The summed E-state index contributed by atoms with van der Waals surface area (Å²) in [6.07, 6.45) is 2.54. The maximum Gasteiger partial charge on any atom is 0.120 e. The van der Waals surface area contributed by atoms with Gasteiger partial charge in [-0.05, 0) is 37.0 Å². The minimum atomic E-state index is 0.301. The molecular weight excluding hydrogens is 230 g/mol. The zero-order valence-electron chi connectivity index (χ0n) is 11.0. The molecule has 0 radical (unpaired) electrons. The molecule has 1 fully saturated rings. The predicted octanol–water partition coefficient (Wildman–Crippen LogP) is 1.92. The second-order valence-electron chi connectivity index (χ2n) is 4.77. The van der Waals surface area contributed by atoms with Crippen molar-refractivity contribution >= 4 is 0 Å². The van der Waals surface area contributed by atoms with E-state index < -0.39 is 0 Å². The smallest absolute Gasteiger partial charge is 0.120 e. The maximum atomic E-state index is 9.80. The van der Waals surface area contributed by atoms with Gasteiger partial charge in [-0.3, -0.25) is 0 Å². The summed E-state index contributed by atoms with van der Waals surface area (Å²) >= 11 is 0. The molecular formula is C14H21NO3. The Balaban J connectivity index is 1.95. The molecule has 4 nitrogen and oxygen atoms in total. The summed E-state index contributed by atoms with van der Waals surface area (Å²) in [6, 6.07) is 5.66. The molecule has 0 heterocycles. The highest BCUT2D eigenvalue weighted by atomic mass is 16.5. The lowest BCUT2D eigenvalue weighted by Crippen LogP contribution is -2.34. The number of hydrogen-bond acceptors (Lipinski definition) is 4. The van der Waals surface area contributed by atoms with Gasteiger partial charge in [-0.1, -0.05) is 0 Å². The number of phenols is 1. The number of rotatable bonds is 7. The molecule has 18 heavy (non-hydrogen) atoms. The van der Waals surface area contributed by atoms with E-state index in [9.17, 15) is 5.11 Å². The van der Waals surface area contributed by atoms with E-state index in [2.05, 4.69) is 5.32 Å². The first-order chi connectivity index (χ1) is 8.74. The van der Waals surface area contributed by atoms with E-state index >= 15 is 0 Å². The van der Waals surface area contributed by atoms with Gasteiger partial charge in [0.1, 0.15) is 11.5 Å². The zero-order valence-corrected chi connectivity index (χ0v) is 11.0. The van der Waals surface area contributed by atoms with Crippen molar-refractivity contribution in [2.24, 2.45) is 5.92 Å². The molecule has 1 atom stereocenters. The second kappa shape index (κ2) is 6.07. The Bertz CT molecular complexity index is 391. The van der Waals surface area contributed by atoms with Gasteiger partial charge in [0, 0.05) is 25.3 Å². The van der Waals surface area contributed by atoms with Crippen LogP contribution in [0.4, 0.5) is 0 Å². The summed E-state index contributed by atoms with van der Waals surface area (Å²) in [6.45, 7) is 1.35. The Kier molecular flexibility index (Phi) is 4.44. The Labute approximate surface area is 108 Å². The summed E-state index contributed by atoms with van der Waals surface area (Å²) in [7, 11) is 3.35. The van der Waals surface area contributed by atoms with Gasteiger partial charge in [0.25, 0.3) is 0 Å². The fourth-order valence-electron chi connectivity index (χ4n) is 2.11. The molecule has 0 aliphatic heterocycles. The standard InChI is InChI=1S/C14H21NO3/c1-17-9-13(10-3-4-10)15-8-11-7-12(18-2)5-6-14(11)16/h5-7,10,13,15-16H,3-4,8-9H2,1-2H3/t13-/m0/s1. The highest BCUT2D eigenvalue weighted by Crippen LogP contribution is 2.33. The van der Waals surface area contributed by atoms with Gasteiger partial charge in [0.15, 0.2) is 0 Å². The quantitative estimate of drug-likeness (QED) is 0.777. The molecule has 100 valence electrons. The molecule has 1 aliphatic rings. The fourth-order valence-corrected chi connectivity index (χ4v) is 2.11. The molecule has 1 saturated carbocycles. The van der Waals surface area contributed by atoms with Crippen LogP contribution in [-0.2, 0) is 11.3 Å². The molecule has 0 unspecified atom stereocenters. The van der Waals surface area contributed by atoms with Crippen LogP contribution < -0.4 is 10.1 Å². The number of nitrogens with one attached hydrogen (secondary N) is 1. The van der Waals surface area contributed by atoms with Crippen molar-refractivity contribution in [3.8, 4) is 11.5 Å². The van der Waals surface area contributed by atoms with Gasteiger partial charge in [-0.15, -0.1) is 0 Å². The zero-order chi connectivity index (χ0) is 13.0. The molecule has 0 bridgehead atoms. The van der Waals surface area contributed by atoms with Gasteiger partial charge >= 0.3 is 0 Å². The molecule has 0 spiro atoms. The van der Waals surface area contributed by atoms with Crippen molar-refractivity contribution in [1.29, 1.82) is 0 Å². The van der Waals surface area contributed by atoms with Crippen LogP contribution in [-0.4, -0.2) is 32.0 Å². The summed E-state index contributed by atoms with van der Waals surface area (Å²) < 4.78 is 10.4. The van der Waals surface area contributed by atoms with E-state index in [-0.39, 0.29) is 0 Å². The summed E-state index contributed by atoms with van der Waals surface area (Å²) in [5.74, 6) is 1.78. The Morgan fingerprint density at radius 2 is 2.17 bits per heavy atom. The molecule has 1 aromatic rings. The predicted molar refractivity (Wildman–Crippen MR) is 69.9 cm³/mol. The first-order valence-electron chi connectivity index (χ1n) is 6.32. The normalized spacial score (nSPS) is 16.6. The van der Waals surface area contributed by atoms with Gasteiger partial charge in [-0.2, -0.15) is 0 Å². The highest BCUT2D eigenvalue weighted by molar-refractivity contribution is 5.39. The third-order valence-electron chi connectivity index (χ3n) is 3.38. The van der Waals surface area contributed by atoms with Gasteiger partial charge < -0.3 is 19.9 Å². The second-order valence-corrected chi connectivity index (χ2v) is 4.77. The first kappa shape index (κ1) is 13.2. The number of hydrogen-bond donors (Lipinski definition) is 2. The minimum absolute atomic E-state index is 0.301. The van der Waals surface area contributed by atoms with Crippen LogP contribution in [0, 0.1) is 5.92 Å². The van der Waals surface area contributed by atoms with Crippen molar-refractivity contribution in [1.82, 2.24) is 5.32 Å². The average Bonchev–Trinajstić information content (AvgIpc) is 3.20. The summed E-state index contributed by atoms with van der Waals surface area (Å²) in [5, 5.41) is 13.3. The maximum absolute atomic E-state index is 9.80. The van der Waals surface area contributed by atoms with Crippen LogP contribution in [0.15, 0.2) is 18.2 Å². The van der Waals surface area contributed by atoms with E-state index in [1.165, 1.54) is 12.8 Å². The van der Waals surface area contributed by atoms with Crippen LogP contribution in [0.1, 0.15) is 18.4 Å². The van der Waals surface area contributed by atoms with Crippen molar-refractivity contribution in [3.63, 3.8) is 0 Å². The highest BCUT2D eigenvalue weighted by Gasteiger charge is 2.30. The molecule has 1 aliphatic carbocycles. The van der Waals surface area contributed by atoms with Gasteiger partial charge in [0.2, 0.25) is 0 Å². The number of ether oxygens (including phenoxy) is 2. The van der Waals surface area contributed by atoms with E-state index in [0.717, 1.165) is 23.8 Å². The number of aromatic hydroxyl groups is 1. The van der Waals surface area contributed by atoms with Crippen LogP contribution >= 0.6 is 0 Å². The molecule has 0 saturated heterocycles. The van der Waals surface area contributed by atoms with Crippen LogP contribution in [0.3, 0.4) is 0 Å². The average molecular weight is 251 g/mol. The van der Waals surface area contributed by atoms with E-state index in [4.69, 9.17) is 9.47 Å². The van der Waals surface area contributed by atoms with Gasteiger partial charge in [0.05, 0.1) is 13.7 Å². The van der Waals surface area contributed by atoms with Crippen molar-refractivity contribution in [3.05, 3.63) is 23.8 Å². The molecule has 0 amide bonds. The van der Waals surface area contributed by atoms with E-state index in [1.807, 2.05) is 6.07 Å². The van der Waals surface area contributed by atoms with E-state index in [0.29, 0.717) is 18.3 Å². The third-order valence-corrected chi connectivity index (χ3v) is 3.38. The first-order valence-corrected chi connectivity index (χ1v) is 6.32. The molecule has 2 N–H and O–H groups in total. The third kappa shape index (κ3) is 3.37. The SMILES string of the molecule is COC[C@H](NCc1cc(OC)ccc1O)C1CC1. The monoisotopic (exact) mass is 251 g/mol. The van der Waals surface area contributed by atoms with Crippen LogP contribution in [0.5, 0.6) is 11.5 Å². The molecule has 4 heteroatoms. The lowest BCUT2D eigenvalue weighted by atomic mass is 10.1. The lowest BCUT2D eigenvalue weighted by Gasteiger charge is -2.18. The number of phenolic OH excluding ortho intramolecular Hbond substituents is 1.